The molecule has 6 nitrogen and oxygen atoms in total. The minimum atomic E-state index is -3.80. The number of rotatable bonds is 5. The van der Waals surface area contributed by atoms with Crippen LogP contribution in [0.25, 0.3) is 10.9 Å². The highest BCUT2D eigenvalue weighted by atomic mass is 35.5. The van der Waals surface area contributed by atoms with E-state index in [0.29, 0.717) is 23.7 Å². The lowest BCUT2D eigenvalue weighted by Gasteiger charge is -2.36. The van der Waals surface area contributed by atoms with Gasteiger partial charge in [0.05, 0.1) is 4.90 Å². The number of nitrogens with zero attached hydrogens (tertiary/aromatic N) is 1. The molecule has 1 atom stereocenters. The van der Waals surface area contributed by atoms with Crippen molar-refractivity contribution in [1.82, 2.24) is 14.6 Å². The first-order valence-electron chi connectivity index (χ1n) is 10.3. The minimum Gasteiger partial charge on any atom is -0.356 e. The van der Waals surface area contributed by atoms with Crippen molar-refractivity contribution in [2.24, 2.45) is 0 Å². The molecule has 1 saturated carbocycles. The summed E-state index contributed by atoms with van der Waals surface area (Å²) in [5.74, 6) is -1.27. The van der Waals surface area contributed by atoms with E-state index in [0.717, 1.165) is 35.4 Å². The average molecular weight is 496 g/mol. The van der Waals surface area contributed by atoms with Crippen LogP contribution >= 0.6 is 23.2 Å². The summed E-state index contributed by atoms with van der Waals surface area (Å²) >= 11 is 12.0. The number of nitrogens with one attached hydrogen (secondary N) is 2. The van der Waals surface area contributed by atoms with Gasteiger partial charge in [0.15, 0.2) is 0 Å². The zero-order valence-electron chi connectivity index (χ0n) is 16.9. The van der Waals surface area contributed by atoms with Crippen LogP contribution < -0.4 is 4.72 Å². The van der Waals surface area contributed by atoms with Crippen molar-refractivity contribution in [3.8, 4) is 0 Å². The summed E-state index contributed by atoms with van der Waals surface area (Å²) in [5.41, 5.74) is 2.67. The maximum Gasteiger partial charge on any atom is 0.240 e. The number of carbonyl (C=O) groups excluding carboxylic acids is 1. The Balaban J connectivity index is 1.62. The molecule has 1 amide bonds. The van der Waals surface area contributed by atoms with E-state index in [9.17, 15) is 13.2 Å². The van der Waals surface area contributed by atoms with E-state index in [2.05, 4.69) is 9.71 Å². The van der Waals surface area contributed by atoms with Gasteiger partial charge in [-0.15, -0.1) is 11.6 Å². The summed E-state index contributed by atoms with van der Waals surface area (Å²) in [6.45, 7) is 0.353. The van der Waals surface area contributed by atoms with Crippen LogP contribution in [0.2, 0.25) is 5.02 Å². The Labute approximate surface area is 194 Å². The van der Waals surface area contributed by atoms with Gasteiger partial charge in [0.25, 0.3) is 0 Å². The summed E-state index contributed by atoms with van der Waals surface area (Å²) in [4.78, 5) is 17.3. The molecule has 2 heterocycles. The molecule has 2 aromatic carbocycles. The highest BCUT2D eigenvalue weighted by molar-refractivity contribution is 7.89. The molecule has 10 heteroatoms. The lowest BCUT2D eigenvalue weighted by atomic mass is 9.92. The van der Waals surface area contributed by atoms with E-state index in [1.807, 2.05) is 12.1 Å². The number of fused-ring (bicyclic) bond motifs is 3. The number of sulfonamides is 1. The number of benzene rings is 2. The van der Waals surface area contributed by atoms with Gasteiger partial charge >= 0.3 is 0 Å². The third-order valence-electron chi connectivity index (χ3n) is 6.00. The van der Waals surface area contributed by atoms with Gasteiger partial charge in [-0.1, -0.05) is 17.7 Å². The quantitative estimate of drug-likeness (QED) is 0.522. The molecule has 0 bridgehead atoms. The second kappa shape index (κ2) is 8.02. The highest BCUT2D eigenvalue weighted by Gasteiger charge is 2.36. The van der Waals surface area contributed by atoms with Crippen LogP contribution in [0.4, 0.5) is 4.39 Å². The molecule has 2 N–H and O–H groups in total. The van der Waals surface area contributed by atoms with Crippen molar-refractivity contribution in [3.05, 3.63) is 64.1 Å². The van der Waals surface area contributed by atoms with Gasteiger partial charge in [-0.3, -0.25) is 4.79 Å². The standard InChI is InChI=1S/C22H20Cl2FN3O3S/c23-11-20(29)28-8-7-15-17-9-12(24)1-6-19(17)26-21(15)22(28)16-5-4-14(10-18(16)25)32(30,31)27-13-2-3-13/h1,4-6,9-10,13,22,26-27H,2-3,7-8,11H2/t22-/m0/s1. The van der Waals surface area contributed by atoms with Crippen molar-refractivity contribution < 1.29 is 17.6 Å². The SMILES string of the molecule is O=C(CCl)N1CCc2c([nH]c3ccc(Cl)cc23)[C@@H]1c1ccc(S(=O)(=O)NC2CC2)cc1F. The maximum absolute atomic E-state index is 15.4. The molecule has 1 fully saturated rings. The van der Waals surface area contributed by atoms with Gasteiger partial charge in [0, 0.05) is 39.8 Å². The summed E-state index contributed by atoms with van der Waals surface area (Å²) in [5, 5.41) is 1.50. The van der Waals surface area contributed by atoms with Crippen molar-refractivity contribution in [3.63, 3.8) is 0 Å². The zero-order valence-corrected chi connectivity index (χ0v) is 19.2. The molecule has 5 rings (SSSR count). The lowest BCUT2D eigenvalue weighted by molar-refractivity contribution is -0.130. The molecular weight excluding hydrogens is 476 g/mol. The summed E-state index contributed by atoms with van der Waals surface area (Å²) in [7, 11) is -3.80. The van der Waals surface area contributed by atoms with Crippen molar-refractivity contribution >= 4 is 50.0 Å². The molecule has 1 aliphatic heterocycles. The molecule has 168 valence electrons. The maximum atomic E-state index is 15.4. The fourth-order valence-corrected chi connectivity index (χ4v) is 5.96. The van der Waals surface area contributed by atoms with Gasteiger partial charge in [0.2, 0.25) is 15.9 Å². The van der Waals surface area contributed by atoms with Crippen LogP contribution in [0, 0.1) is 5.82 Å². The number of carbonyl (C=O) groups is 1. The van der Waals surface area contributed by atoms with E-state index in [1.165, 1.54) is 17.0 Å². The number of hydrogen-bond acceptors (Lipinski definition) is 3. The van der Waals surface area contributed by atoms with E-state index >= 15 is 4.39 Å². The number of H-pyrrole nitrogens is 1. The third-order valence-corrected chi connectivity index (χ3v) is 7.98. The Bertz CT molecular complexity index is 1340. The van der Waals surface area contributed by atoms with E-state index in [1.54, 1.807) is 6.07 Å². The third kappa shape index (κ3) is 3.79. The van der Waals surface area contributed by atoms with E-state index < -0.39 is 21.9 Å². The Morgan fingerprint density at radius 1 is 1.22 bits per heavy atom. The van der Waals surface area contributed by atoms with Gasteiger partial charge < -0.3 is 9.88 Å². The summed E-state index contributed by atoms with van der Waals surface area (Å²) in [6.07, 6.45) is 2.13. The lowest BCUT2D eigenvalue weighted by Crippen LogP contribution is -2.41. The Morgan fingerprint density at radius 3 is 2.69 bits per heavy atom. The number of alkyl halides is 1. The number of aromatic nitrogens is 1. The molecule has 3 aromatic rings. The smallest absolute Gasteiger partial charge is 0.240 e. The second-order valence-corrected chi connectivity index (χ2v) is 10.6. The Hall–Kier alpha value is -2.13. The molecule has 0 unspecified atom stereocenters. The normalized spacial score (nSPS) is 18.7. The summed E-state index contributed by atoms with van der Waals surface area (Å²) < 4.78 is 42.9. The molecule has 0 saturated heterocycles. The van der Waals surface area contributed by atoms with Crippen molar-refractivity contribution in [2.75, 3.05) is 12.4 Å². The van der Waals surface area contributed by atoms with E-state index in [4.69, 9.17) is 23.2 Å². The second-order valence-electron chi connectivity index (χ2n) is 8.16. The molecule has 1 aliphatic carbocycles. The van der Waals surface area contributed by atoms with Gasteiger partial charge in [0.1, 0.15) is 17.7 Å². The summed E-state index contributed by atoms with van der Waals surface area (Å²) in [6, 6.07) is 8.42. The van der Waals surface area contributed by atoms with Gasteiger partial charge in [-0.25, -0.2) is 17.5 Å². The Kier molecular flexibility index (Phi) is 5.44. The van der Waals surface area contributed by atoms with Crippen LogP contribution in [0.1, 0.15) is 35.7 Å². The molecular formula is C22H20Cl2FN3O3S. The predicted molar refractivity (Wildman–Crippen MR) is 121 cm³/mol. The highest BCUT2D eigenvalue weighted by Crippen LogP contribution is 2.40. The van der Waals surface area contributed by atoms with Crippen LogP contribution in [0.15, 0.2) is 41.3 Å². The largest absolute Gasteiger partial charge is 0.356 e. The van der Waals surface area contributed by atoms with Crippen LogP contribution in [-0.2, 0) is 21.2 Å². The number of hydrogen-bond donors (Lipinski definition) is 2. The van der Waals surface area contributed by atoms with Gasteiger partial charge in [-0.2, -0.15) is 0 Å². The molecule has 0 spiro atoms. The van der Waals surface area contributed by atoms with E-state index in [-0.39, 0.29) is 28.3 Å². The first kappa shape index (κ1) is 21.7. The molecule has 32 heavy (non-hydrogen) atoms. The van der Waals surface area contributed by atoms with Crippen LogP contribution in [0.3, 0.4) is 0 Å². The van der Waals surface area contributed by atoms with Crippen LogP contribution in [-0.4, -0.2) is 42.7 Å². The van der Waals surface area contributed by atoms with Crippen LogP contribution in [0.5, 0.6) is 0 Å². The number of amides is 1. The number of aromatic amines is 1. The topological polar surface area (TPSA) is 82.3 Å². The van der Waals surface area contributed by atoms with Crippen molar-refractivity contribution in [2.45, 2.75) is 36.2 Å². The monoisotopic (exact) mass is 495 g/mol. The molecule has 1 aromatic heterocycles. The molecule has 0 radical (unpaired) electrons. The fourth-order valence-electron chi connectivity index (χ4n) is 4.31. The predicted octanol–water partition coefficient (Wildman–Crippen LogP) is 4.11. The molecule has 2 aliphatic rings. The van der Waals surface area contributed by atoms with Crippen molar-refractivity contribution in [1.29, 1.82) is 0 Å². The van der Waals surface area contributed by atoms with Gasteiger partial charge in [-0.05, 0) is 55.2 Å². The fraction of sp³-hybridized carbons (Fsp3) is 0.318. The average Bonchev–Trinajstić information content (AvgIpc) is 3.49. The first-order valence-corrected chi connectivity index (χ1v) is 12.7. The number of halogens is 3. The first-order chi connectivity index (χ1) is 15.3. The Morgan fingerprint density at radius 2 is 2.00 bits per heavy atom. The minimum absolute atomic E-state index is 0.0846. The zero-order chi connectivity index (χ0) is 22.6.